The Balaban J connectivity index is 2.15. The molecule has 3 rings (SSSR count). The second-order valence-electron chi connectivity index (χ2n) is 5.39. The maximum atomic E-state index is 12.0. The monoisotopic (exact) mass is 315 g/mol. The van der Waals surface area contributed by atoms with E-state index >= 15 is 0 Å². The molecule has 0 bridgehead atoms. The van der Waals surface area contributed by atoms with Crippen molar-refractivity contribution in [3.63, 3.8) is 0 Å². The van der Waals surface area contributed by atoms with Gasteiger partial charge in [-0.3, -0.25) is 0 Å². The van der Waals surface area contributed by atoms with Crippen molar-refractivity contribution in [1.29, 1.82) is 0 Å². The van der Waals surface area contributed by atoms with Crippen LogP contribution in [0.2, 0.25) is 0 Å². The van der Waals surface area contributed by atoms with E-state index in [1.807, 2.05) is 78.9 Å². The van der Waals surface area contributed by atoms with E-state index in [0.29, 0.717) is 5.69 Å². The van der Waals surface area contributed by atoms with Crippen LogP contribution in [0.3, 0.4) is 0 Å². The van der Waals surface area contributed by atoms with Crippen LogP contribution in [0, 0.1) is 0 Å². The zero-order chi connectivity index (χ0) is 16.8. The van der Waals surface area contributed by atoms with E-state index < -0.39 is 11.9 Å². The Morgan fingerprint density at radius 2 is 1.12 bits per heavy atom. The SMILES string of the molecule is O=C(O)C(=Nc1ccccc1)C(c1ccccc1)c1ccccc1. The molecule has 3 nitrogen and oxygen atoms in total. The summed E-state index contributed by atoms with van der Waals surface area (Å²) in [5.41, 5.74) is 2.55. The summed E-state index contributed by atoms with van der Waals surface area (Å²) in [6.07, 6.45) is 0. The quantitative estimate of drug-likeness (QED) is 0.695. The molecule has 0 atom stereocenters. The summed E-state index contributed by atoms with van der Waals surface area (Å²) in [6, 6.07) is 28.4. The highest BCUT2D eigenvalue weighted by atomic mass is 16.4. The summed E-state index contributed by atoms with van der Waals surface area (Å²) < 4.78 is 0. The van der Waals surface area contributed by atoms with Crippen LogP contribution in [0.25, 0.3) is 0 Å². The highest BCUT2D eigenvalue weighted by molar-refractivity contribution is 6.39. The number of hydrogen-bond donors (Lipinski definition) is 1. The largest absolute Gasteiger partial charge is 0.477 e. The molecule has 0 aliphatic heterocycles. The third-order valence-corrected chi connectivity index (χ3v) is 3.76. The molecule has 0 saturated carbocycles. The predicted octanol–water partition coefficient (Wildman–Crippen LogP) is 4.68. The van der Waals surface area contributed by atoms with Crippen LogP contribution in [-0.2, 0) is 4.79 Å². The van der Waals surface area contributed by atoms with Gasteiger partial charge in [0.1, 0.15) is 5.71 Å². The molecule has 0 aliphatic carbocycles. The minimum absolute atomic E-state index is 0.110. The Morgan fingerprint density at radius 3 is 1.54 bits per heavy atom. The second kappa shape index (κ2) is 7.38. The first-order chi connectivity index (χ1) is 11.8. The van der Waals surface area contributed by atoms with Gasteiger partial charge in [0, 0.05) is 0 Å². The lowest BCUT2D eigenvalue weighted by Gasteiger charge is -2.18. The molecule has 3 aromatic rings. The molecule has 0 aromatic heterocycles. The van der Waals surface area contributed by atoms with Crippen LogP contribution in [0.1, 0.15) is 17.0 Å². The van der Waals surface area contributed by atoms with Gasteiger partial charge in [0.15, 0.2) is 0 Å². The van der Waals surface area contributed by atoms with Crippen molar-refractivity contribution >= 4 is 17.4 Å². The lowest BCUT2D eigenvalue weighted by Crippen LogP contribution is -2.23. The minimum Gasteiger partial charge on any atom is -0.477 e. The van der Waals surface area contributed by atoms with Gasteiger partial charge in [-0.2, -0.15) is 0 Å². The first-order valence-electron chi connectivity index (χ1n) is 7.72. The van der Waals surface area contributed by atoms with Crippen molar-refractivity contribution in [3.05, 3.63) is 102 Å². The summed E-state index contributed by atoms with van der Waals surface area (Å²) in [5, 5.41) is 9.80. The Labute approximate surface area is 140 Å². The Morgan fingerprint density at radius 1 is 0.708 bits per heavy atom. The Kier molecular flexibility index (Phi) is 4.82. The number of aliphatic carboxylic acids is 1. The fourth-order valence-corrected chi connectivity index (χ4v) is 2.68. The van der Waals surface area contributed by atoms with Crippen molar-refractivity contribution in [2.45, 2.75) is 5.92 Å². The lowest BCUT2D eigenvalue weighted by atomic mass is 9.87. The molecular weight excluding hydrogens is 298 g/mol. The maximum Gasteiger partial charge on any atom is 0.351 e. The van der Waals surface area contributed by atoms with Gasteiger partial charge in [0.2, 0.25) is 0 Å². The molecule has 0 aliphatic rings. The van der Waals surface area contributed by atoms with Crippen LogP contribution in [0.15, 0.2) is 96.0 Å². The first kappa shape index (κ1) is 15.7. The van der Waals surface area contributed by atoms with Crippen molar-refractivity contribution < 1.29 is 9.90 Å². The number of aliphatic imine (C=N–C) groups is 1. The summed E-state index contributed by atoms with van der Waals surface area (Å²) in [7, 11) is 0. The van der Waals surface area contributed by atoms with Crippen LogP contribution in [0.5, 0.6) is 0 Å². The zero-order valence-corrected chi connectivity index (χ0v) is 13.0. The van der Waals surface area contributed by atoms with E-state index in [1.54, 1.807) is 12.1 Å². The van der Waals surface area contributed by atoms with Gasteiger partial charge in [-0.05, 0) is 23.3 Å². The van der Waals surface area contributed by atoms with Crippen molar-refractivity contribution in [3.8, 4) is 0 Å². The molecule has 0 heterocycles. The number of carbonyl (C=O) groups is 1. The molecule has 0 radical (unpaired) electrons. The van der Waals surface area contributed by atoms with Crippen LogP contribution >= 0.6 is 0 Å². The normalized spacial score (nSPS) is 11.5. The average Bonchev–Trinajstić information content (AvgIpc) is 2.64. The van der Waals surface area contributed by atoms with E-state index in [4.69, 9.17) is 0 Å². The molecule has 0 unspecified atom stereocenters. The van der Waals surface area contributed by atoms with E-state index in [9.17, 15) is 9.90 Å². The summed E-state index contributed by atoms with van der Waals surface area (Å²) >= 11 is 0. The van der Waals surface area contributed by atoms with E-state index in [1.165, 1.54) is 0 Å². The number of rotatable bonds is 5. The Hall–Kier alpha value is -3.20. The summed E-state index contributed by atoms with van der Waals surface area (Å²) in [6.45, 7) is 0. The fourth-order valence-electron chi connectivity index (χ4n) is 2.68. The third-order valence-electron chi connectivity index (χ3n) is 3.76. The number of carboxylic acid groups (broad SMARTS) is 1. The third kappa shape index (κ3) is 3.58. The lowest BCUT2D eigenvalue weighted by molar-refractivity contribution is -0.129. The predicted molar refractivity (Wildman–Crippen MR) is 95.9 cm³/mol. The van der Waals surface area contributed by atoms with E-state index in [-0.39, 0.29) is 5.71 Å². The van der Waals surface area contributed by atoms with Crippen LogP contribution in [0.4, 0.5) is 5.69 Å². The molecular formula is C21H17NO2. The van der Waals surface area contributed by atoms with Gasteiger partial charge in [-0.1, -0.05) is 78.9 Å². The van der Waals surface area contributed by atoms with E-state index in [0.717, 1.165) is 11.1 Å². The van der Waals surface area contributed by atoms with Crippen molar-refractivity contribution in [1.82, 2.24) is 0 Å². The van der Waals surface area contributed by atoms with Crippen molar-refractivity contribution in [2.24, 2.45) is 4.99 Å². The number of para-hydroxylation sites is 1. The van der Waals surface area contributed by atoms with Crippen LogP contribution < -0.4 is 0 Å². The highest BCUT2D eigenvalue weighted by Crippen LogP contribution is 2.28. The smallest absolute Gasteiger partial charge is 0.351 e. The van der Waals surface area contributed by atoms with Gasteiger partial charge < -0.3 is 5.11 Å². The first-order valence-corrected chi connectivity index (χ1v) is 7.72. The average molecular weight is 315 g/mol. The zero-order valence-electron chi connectivity index (χ0n) is 13.0. The fraction of sp³-hybridized carbons (Fsp3) is 0.0476. The number of hydrogen-bond acceptors (Lipinski definition) is 2. The summed E-state index contributed by atoms with van der Waals surface area (Å²) in [4.78, 5) is 16.4. The molecule has 0 fully saturated rings. The molecule has 118 valence electrons. The van der Waals surface area contributed by atoms with Crippen LogP contribution in [-0.4, -0.2) is 16.8 Å². The minimum atomic E-state index is -1.02. The van der Waals surface area contributed by atoms with Gasteiger partial charge in [-0.25, -0.2) is 9.79 Å². The molecule has 0 amide bonds. The second-order valence-corrected chi connectivity index (χ2v) is 5.39. The van der Waals surface area contributed by atoms with Crippen molar-refractivity contribution in [2.75, 3.05) is 0 Å². The highest BCUT2D eigenvalue weighted by Gasteiger charge is 2.26. The van der Waals surface area contributed by atoms with Gasteiger partial charge in [0.05, 0.1) is 11.6 Å². The number of benzene rings is 3. The molecule has 3 aromatic carbocycles. The molecule has 3 heteroatoms. The molecule has 0 saturated heterocycles. The maximum absolute atomic E-state index is 12.0. The summed E-state index contributed by atoms with van der Waals surface area (Å²) in [5.74, 6) is -1.44. The molecule has 0 spiro atoms. The van der Waals surface area contributed by atoms with Gasteiger partial charge in [0.25, 0.3) is 0 Å². The topological polar surface area (TPSA) is 49.7 Å². The Bertz CT molecular complexity index is 788. The van der Waals surface area contributed by atoms with Gasteiger partial charge >= 0.3 is 5.97 Å². The van der Waals surface area contributed by atoms with Gasteiger partial charge in [-0.15, -0.1) is 0 Å². The number of carboxylic acids is 1. The standard InChI is InChI=1S/C21H17NO2/c23-21(24)20(22-18-14-8-3-9-15-18)19(16-10-4-1-5-11-16)17-12-6-2-7-13-17/h1-15,19H,(H,23,24). The molecule has 1 N–H and O–H groups in total. The van der Waals surface area contributed by atoms with E-state index in [2.05, 4.69) is 4.99 Å². The number of nitrogens with zero attached hydrogens (tertiary/aromatic N) is 1. The molecule has 24 heavy (non-hydrogen) atoms.